The Morgan fingerprint density at radius 1 is 1.50 bits per heavy atom. The summed E-state index contributed by atoms with van der Waals surface area (Å²) in [5.41, 5.74) is 2.86. The second kappa shape index (κ2) is 6.99. The minimum Gasteiger partial charge on any atom is -0.383 e. The Balaban J connectivity index is 2.97. The topological polar surface area (TPSA) is 30.5 Å². The third-order valence-electron chi connectivity index (χ3n) is 1.01. The molecule has 0 rings (SSSR count). The Labute approximate surface area is 62.7 Å². The largest absolute Gasteiger partial charge is 0.383 e. The fraction of sp³-hybridized carbons (Fsp3) is 1.00. The first-order chi connectivity index (χ1) is 4.81. The maximum Gasteiger partial charge on any atom is 0.0679 e. The number of nitrogens with one attached hydrogen (secondary N) is 1. The fourth-order valence-corrected chi connectivity index (χ4v) is 0.587. The molecular formula is C7H17NO2. The molecule has 1 N–H and O–H groups in total. The summed E-state index contributed by atoms with van der Waals surface area (Å²) in [7, 11) is 1.68. The van der Waals surface area contributed by atoms with Crippen molar-refractivity contribution in [2.45, 2.75) is 26.3 Å². The van der Waals surface area contributed by atoms with Crippen molar-refractivity contribution in [2.24, 2.45) is 0 Å². The van der Waals surface area contributed by atoms with Gasteiger partial charge in [-0.25, -0.2) is 0 Å². The maximum absolute atomic E-state index is 5.07. The molecular weight excluding hydrogens is 130 g/mol. The van der Waals surface area contributed by atoms with Crippen molar-refractivity contribution in [1.29, 1.82) is 0 Å². The standard InChI is InChI=1S/C7H17NO2/c1-4-5-10-8-7(2)6-9-3/h7-8H,4-6H2,1-3H3. The van der Waals surface area contributed by atoms with E-state index in [-0.39, 0.29) is 6.04 Å². The SMILES string of the molecule is CCCONC(C)COC. The van der Waals surface area contributed by atoms with Gasteiger partial charge in [-0.15, -0.1) is 0 Å². The number of hydrogen-bond acceptors (Lipinski definition) is 3. The van der Waals surface area contributed by atoms with Gasteiger partial charge in [0.15, 0.2) is 0 Å². The van der Waals surface area contributed by atoms with E-state index in [1.54, 1.807) is 7.11 Å². The van der Waals surface area contributed by atoms with Gasteiger partial charge in [-0.2, -0.15) is 5.48 Å². The van der Waals surface area contributed by atoms with Crippen LogP contribution in [-0.4, -0.2) is 26.4 Å². The number of rotatable bonds is 6. The lowest BCUT2D eigenvalue weighted by Gasteiger charge is -2.11. The van der Waals surface area contributed by atoms with Crippen molar-refractivity contribution in [1.82, 2.24) is 5.48 Å². The van der Waals surface area contributed by atoms with Crippen molar-refractivity contribution in [3.63, 3.8) is 0 Å². The Morgan fingerprint density at radius 2 is 2.20 bits per heavy atom. The number of hydrogen-bond donors (Lipinski definition) is 1. The highest BCUT2D eigenvalue weighted by Gasteiger charge is 1.97. The summed E-state index contributed by atoms with van der Waals surface area (Å²) in [5.74, 6) is 0. The van der Waals surface area contributed by atoms with E-state index < -0.39 is 0 Å². The summed E-state index contributed by atoms with van der Waals surface area (Å²) in [6.45, 7) is 5.53. The van der Waals surface area contributed by atoms with E-state index in [0.717, 1.165) is 13.0 Å². The summed E-state index contributed by atoms with van der Waals surface area (Å²) in [5, 5.41) is 0. The molecule has 62 valence electrons. The molecule has 3 nitrogen and oxygen atoms in total. The average molecular weight is 147 g/mol. The second-order valence-electron chi connectivity index (χ2n) is 2.32. The highest BCUT2D eigenvalue weighted by molar-refractivity contribution is 4.49. The lowest BCUT2D eigenvalue weighted by molar-refractivity contribution is 0.000733. The predicted molar refractivity (Wildman–Crippen MR) is 40.7 cm³/mol. The lowest BCUT2D eigenvalue weighted by atomic mass is 10.4. The monoisotopic (exact) mass is 147 g/mol. The van der Waals surface area contributed by atoms with Gasteiger partial charge in [-0.05, 0) is 13.3 Å². The van der Waals surface area contributed by atoms with Crippen molar-refractivity contribution in [3.8, 4) is 0 Å². The Hall–Kier alpha value is -0.120. The molecule has 0 amide bonds. The number of methoxy groups -OCH3 is 1. The molecule has 0 fully saturated rings. The average Bonchev–Trinajstić information content (AvgIpc) is 1.89. The van der Waals surface area contributed by atoms with Gasteiger partial charge in [0.2, 0.25) is 0 Å². The molecule has 0 radical (unpaired) electrons. The van der Waals surface area contributed by atoms with Crippen molar-refractivity contribution < 1.29 is 9.57 Å². The van der Waals surface area contributed by atoms with E-state index in [1.807, 2.05) is 6.92 Å². The molecule has 1 unspecified atom stereocenters. The summed E-state index contributed by atoms with van der Waals surface area (Å²) in [6, 6.07) is 0.275. The Kier molecular flexibility index (Phi) is 6.91. The molecule has 0 spiro atoms. The molecule has 0 saturated heterocycles. The molecule has 0 saturated carbocycles. The molecule has 0 heterocycles. The molecule has 0 aromatic rings. The van der Waals surface area contributed by atoms with Gasteiger partial charge in [0.25, 0.3) is 0 Å². The first-order valence-electron chi connectivity index (χ1n) is 3.67. The minimum atomic E-state index is 0.275. The van der Waals surface area contributed by atoms with Crippen molar-refractivity contribution >= 4 is 0 Å². The van der Waals surface area contributed by atoms with E-state index in [9.17, 15) is 0 Å². The highest BCUT2D eigenvalue weighted by Crippen LogP contribution is 1.83. The molecule has 3 heteroatoms. The molecule has 0 aliphatic carbocycles. The van der Waals surface area contributed by atoms with Crippen LogP contribution >= 0.6 is 0 Å². The van der Waals surface area contributed by atoms with Gasteiger partial charge in [0, 0.05) is 7.11 Å². The van der Waals surface area contributed by atoms with Crippen LogP contribution in [0.4, 0.5) is 0 Å². The van der Waals surface area contributed by atoms with Gasteiger partial charge >= 0.3 is 0 Å². The van der Waals surface area contributed by atoms with Crippen LogP contribution in [0.5, 0.6) is 0 Å². The zero-order valence-electron chi connectivity index (χ0n) is 7.02. The minimum absolute atomic E-state index is 0.275. The molecule has 0 aliphatic rings. The van der Waals surface area contributed by atoms with Crippen LogP contribution in [0.3, 0.4) is 0 Å². The van der Waals surface area contributed by atoms with E-state index in [1.165, 1.54) is 0 Å². The third-order valence-corrected chi connectivity index (χ3v) is 1.01. The van der Waals surface area contributed by atoms with E-state index in [4.69, 9.17) is 9.57 Å². The summed E-state index contributed by atoms with van der Waals surface area (Å²) < 4.78 is 4.89. The smallest absolute Gasteiger partial charge is 0.0679 e. The molecule has 0 aliphatic heterocycles. The molecule has 0 aromatic heterocycles. The van der Waals surface area contributed by atoms with Gasteiger partial charge in [-0.3, -0.25) is 0 Å². The summed E-state index contributed by atoms with van der Waals surface area (Å²) >= 11 is 0. The molecule has 0 aromatic carbocycles. The third kappa shape index (κ3) is 6.01. The molecule has 1 atom stereocenters. The van der Waals surface area contributed by atoms with Gasteiger partial charge in [0.1, 0.15) is 0 Å². The van der Waals surface area contributed by atoms with Crippen LogP contribution in [0.1, 0.15) is 20.3 Å². The van der Waals surface area contributed by atoms with E-state index >= 15 is 0 Å². The van der Waals surface area contributed by atoms with Gasteiger partial charge in [0.05, 0.1) is 19.3 Å². The normalized spacial score (nSPS) is 13.5. The van der Waals surface area contributed by atoms with Crippen LogP contribution in [0.2, 0.25) is 0 Å². The second-order valence-corrected chi connectivity index (χ2v) is 2.32. The van der Waals surface area contributed by atoms with Crippen LogP contribution in [0, 0.1) is 0 Å². The first kappa shape index (κ1) is 9.88. The molecule has 0 bridgehead atoms. The summed E-state index contributed by atoms with van der Waals surface area (Å²) in [6.07, 6.45) is 1.03. The fourth-order valence-electron chi connectivity index (χ4n) is 0.587. The highest BCUT2D eigenvalue weighted by atomic mass is 16.6. The number of hydroxylamine groups is 1. The lowest BCUT2D eigenvalue weighted by Crippen LogP contribution is -2.30. The quantitative estimate of drug-likeness (QED) is 0.448. The van der Waals surface area contributed by atoms with Crippen molar-refractivity contribution in [2.75, 3.05) is 20.3 Å². The van der Waals surface area contributed by atoms with Crippen LogP contribution in [0.15, 0.2) is 0 Å². The first-order valence-corrected chi connectivity index (χ1v) is 3.67. The van der Waals surface area contributed by atoms with Gasteiger partial charge < -0.3 is 9.57 Å². The zero-order valence-corrected chi connectivity index (χ0v) is 7.02. The Morgan fingerprint density at radius 3 is 2.70 bits per heavy atom. The van der Waals surface area contributed by atoms with Crippen LogP contribution in [-0.2, 0) is 9.57 Å². The van der Waals surface area contributed by atoms with Crippen LogP contribution < -0.4 is 5.48 Å². The maximum atomic E-state index is 5.07. The van der Waals surface area contributed by atoms with Gasteiger partial charge in [-0.1, -0.05) is 6.92 Å². The predicted octanol–water partition coefficient (Wildman–Crippen LogP) is 0.952. The van der Waals surface area contributed by atoms with Crippen LogP contribution in [0.25, 0.3) is 0 Å². The van der Waals surface area contributed by atoms with Crippen molar-refractivity contribution in [3.05, 3.63) is 0 Å². The zero-order chi connectivity index (χ0) is 7.82. The van der Waals surface area contributed by atoms with E-state index in [2.05, 4.69) is 12.4 Å². The van der Waals surface area contributed by atoms with E-state index in [0.29, 0.717) is 6.61 Å². The molecule has 10 heavy (non-hydrogen) atoms. The number of ether oxygens (including phenoxy) is 1. The summed E-state index contributed by atoms with van der Waals surface area (Å²) in [4.78, 5) is 5.07. The Bertz CT molecular complexity index is 68.6.